The number of hydrogen-bond donors (Lipinski definition) is 0. The van der Waals surface area contributed by atoms with Gasteiger partial charge in [-0.15, -0.1) is 12.4 Å². The number of urea groups is 1. The van der Waals surface area contributed by atoms with Crippen molar-refractivity contribution in [1.82, 2.24) is 9.80 Å². The lowest BCUT2D eigenvalue weighted by atomic mass is 10.2. The molecule has 0 aromatic heterocycles. The van der Waals surface area contributed by atoms with Crippen LogP contribution in [0.25, 0.3) is 0 Å². The van der Waals surface area contributed by atoms with Crippen molar-refractivity contribution in [3.8, 4) is 11.5 Å². The van der Waals surface area contributed by atoms with Gasteiger partial charge in [0, 0.05) is 43.3 Å². The SMILES string of the molecule is Cl.O=C(N1CCN(Cc2ccccc2)CC1)N1Cc2ccccc2Oc2ccc(Cl)cc21. The third-order valence-electron chi connectivity index (χ3n) is 5.86. The third-order valence-corrected chi connectivity index (χ3v) is 6.09. The van der Waals surface area contributed by atoms with E-state index in [1.807, 2.05) is 47.4 Å². The van der Waals surface area contributed by atoms with E-state index in [0.717, 1.165) is 30.9 Å². The van der Waals surface area contributed by atoms with E-state index in [9.17, 15) is 4.79 Å². The standard InChI is InChI=1S/C25H24ClN3O2.ClH/c26-21-10-11-24-22(16-21)29(18-20-8-4-5-9-23(20)31-24)25(30)28-14-12-27(13-15-28)17-19-6-2-1-3-7-19;/h1-11,16H,12-15,17-18H2;1H. The quantitative estimate of drug-likeness (QED) is 0.474. The smallest absolute Gasteiger partial charge is 0.325 e. The van der Waals surface area contributed by atoms with Gasteiger partial charge in [0.05, 0.1) is 12.2 Å². The first-order valence-corrected chi connectivity index (χ1v) is 10.9. The molecule has 7 heteroatoms. The van der Waals surface area contributed by atoms with Crippen molar-refractivity contribution >= 4 is 35.7 Å². The van der Waals surface area contributed by atoms with Crippen molar-refractivity contribution in [2.75, 3.05) is 31.1 Å². The average Bonchev–Trinajstić information content (AvgIpc) is 2.96. The van der Waals surface area contributed by atoms with Crippen LogP contribution in [0.4, 0.5) is 10.5 Å². The molecule has 2 heterocycles. The fourth-order valence-corrected chi connectivity index (χ4v) is 4.34. The van der Waals surface area contributed by atoms with Gasteiger partial charge in [-0.2, -0.15) is 0 Å². The summed E-state index contributed by atoms with van der Waals surface area (Å²) >= 11 is 6.28. The lowest BCUT2D eigenvalue weighted by molar-refractivity contribution is 0.139. The molecule has 2 aliphatic heterocycles. The van der Waals surface area contributed by atoms with Crippen LogP contribution in [0.5, 0.6) is 11.5 Å². The Morgan fingerprint density at radius 2 is 1.59 bits per heavy atom. The van der Waals surface area contributed by atoms with Gasteiger partial charge >= 0.3 is 6.03 Å². The maximum Gasteiger partial charge on any atom is 0.325 e. The van der Waals surface area contributed by atoms with E-state index in [1.54, 1.807) is 11.0 Å². The Hall–Kier alpha value is -2.73. The molecule has 0 saturated carbocycles. The van der Waals surface area contributed by atoms with Crippen molar-refractivity contribution < 1.29 is 9.53 Å². The molecule has 0 unspecified atom stereocenters. The summed E-state index contributed by atoms with van der Waals surface area (Å²) in [7, 11) is 0. The highest BCUT2D eigenvalue weighted by atomic mass is 35.5. The minimum absolute atomic E-state index is 0. The number of carbonyl (C=O) groups is 1. The maximum absolute atomic E-state index is 13.6. The van der Waals surface area contributed by atoms with Crippen LogP contribution in [0, 0.1) is 0 Å². The van der Waals surface area contributed by atoms with E-state index in [-0.39, 0.29) is 18.4 Å². The topological polar surface area (TPSA) is 36.0 Å². The number of nitrogens with zero attached hydrogens (tertiary/aromatic N) is 3. The van der Waals surface area contributed by atoms with Crippen molar-refractivity contribution in [1.29, 1.82) is 0 Å². The monoisotopic (exact) mass is 469 g/mol. The Morgan fingerprint density at radius 3 is 2.38 bits per heavy atom. The molecule has 0 atom stereocenters. The van der Waals surface area contributed by atoms with Crippen LogP contribution < -0.4 is 9.64 Å². The average molecular weight is 470 g/mol. The number of piperazine rings is 1. The molecule has 0 bridgehead atoms. The molecule has 1 fully saturated rings. The van der Waals surface area contributed by atoms with Gasteiger partial charge in [0.1, 0.15) is 5.75 Å². The van der Waals surface area contributed by atoms with Crippen molar-refractivity contribution in [2.45, 2.75) is 13.1 Å². The molecule has 2 amide bonds. The summed E-state index contributed by atoms with van der Waals surface area (Å²) < 4.78 is 6.13. The number of ether oxygens (including phenoxy) is 1. The van der Waals surface area contributed by atoms with E-state index in [1.165, 1.54) is 5.56 Å². The van der Waals surface area contributed by atoms with E-state index in [2.05, 4.69) is 29.2 Å². The molecule has 1 saturated heterocycles. The molecule has 5 rings (SSSR count). The van der Waals surface area contributed by atoms with Gasteiger partial charge in [-0.3, -0.25) is 9.80 Å². The van der Waals surface area contributed by atoms with Crippen LogP contribution in [-0.2, 0) is 13.1 Å². The maximum atomic E-state index is 13.6. The zero-order valence-electron chi connectivity index (χ0n) is 17.6. The molecule has 3 aromatic carbocycles. The zero-order valence-corrected chi connectivity index (χ0v) is 19.2. The van der Waals surface area contributed by atoms with Crippen LogP contribution in [0.1, 0.15) is 11.1 Å². The molecular formula is C25H25Cl2N3O2. The van der Waals surface area contributed by atoms with Crippen LogP contribution in [0.15, 0.2) is 72.8 Å². The van der Waals surface area contributed by atoms with Gasteiger partial charge in [-0.1, -0.05) is 60.1 Å². The van der Waals surface area contributed by atoms with Gasteiger partial charge in [0.2, 0.25) is 0 Å². The van der Waals surface area contributed by atoms with Crippen LogP contribution in [0.3, 0.4) is 0 Å². The van der Waals surface area contributed by atoms with E-state index < -0.39 is 0 Å². The second-order valence-corrected chi connectivity index (χ2v) is 8.38. The second-order valence-electron chi connectivity index (χ2n) is 7.94. The summed E-state index contributed by atoms with van der Waals surface area (Å²) in [5.74, 6) is 1.42. The number of halogens is 2. The van der Waals surface area contributed by atoms with Gasteiger partial charge in [0.25, 0.3) is 0 Å². The van der Waals surface area contributed by atoms with E-state index in [4.69, 9.17) is 16.3 Å². The molecule has 166 valence electrons. The molecule has 0 aliphatic carbocycles. The van der Waals surface area contributed by atoms with Crippen molar-refractivity contribution in [2.24, 2.45) is 0 Å². The second kappa shape index (κ2) is 9.82. The largest absolute Gasteiger partial charge is 0.455 e. The zero-order chi connectivity index (χ0) is 21.2. The molecule has 0 radical (unpaired) electrons. The Kier molecular flexibility index (Phi) is 6.89. The van der Waals surface area contributed by atoms with Crippen molar-refractivity contribution in [3.05, 3.63) is 88.9 Å². The number of anilines is 1. The number of fused-ring (bicyclic) bond motifs is 2. The van der Waals surface area contributed by atoms with Gasteiger partial charge in [0.15, 0.2) is 5.75 Å². The number of amides is 2. The molecule has 0 spiro atoms. The highest BCUT2D eigenvalue weighted by Crippen LogP contribution is 2.40. The lowest BCUT2D eigenvalue weighted by Gasteiger charge is -2.37. The minimum atomic E-state index is -0.0109. The Bertz CT molecular complexity index is 1090. The minimum Gasteiger partial charge on any atom is -0.455 e. The van der Waals surface area contributed by atoms with Crippen LogP contribution >= 0.6 is 24.0 Å². The first-order valence-electron chi connectivity index (χ1n) is 10.6. The van der Waals surface area contributed by atoms with E-state index >= 15 is 0 Å². The first kappa shape index (κ1) is 22.5. The van der Waals surface area contributed by atoms with Crippen molar-refractivity contribution in [3.63, 3.8) is 0 Å². The summed E-state index contributed by atoms with van der Waals surface area (Å²) in [5, 5.41) is 0.582. The fraction of sp³-hybridized carbons (Fsp3) is 0.240. The summed E-state index contributed by atoms with van der Waals surface area (Å²) in [6.45, 7) is 4.45. The van der Waals surface area contributed by atoms with Gasteiger partial charge < -0.3 is 9.64 Å². The van der Waals surface area contributed by atoms with E-state index in [0.29, 0.717) is 36.1 Å². The molecule has 32 heavy (non-hydrogen) atoms. The number of carbonyl (C=O) groups excluding carboxylic acids is 1. The molecular weight excluding hydrogens is 445 g/mol. The van der Waals surface area contributed by atoms with Gasteiger partial charge in [-0.05, 0) is 29.8 Å². The molecule has 0 N–H and O–H groups in total. The first-order chi connectivity index (χ1) is 15.2. The summed E-state index contributed by atoms with van der Waals surface area (Å²) in [5.41, 5.74) is 2.98. The molecule has 3 aromatic rings. The Balaban J connectivity index is 0.00000245. The van der Waals surface area contributed by atoms with Crippen LogP contribution in [-0.4, -0.2) is 42.0 Å². The summed E-state index contributed by atoms with van der Waals surface area (Å²) in [6.07, 6.45) is 0. The Morgan fingerprint density at radius 1 is 0.875 bits per heavy atom. The highest BCUT2D eigenvalue weighted by molar-refractivity contribution is 6.31. The third kappa shape index (κ3) is 4.70. The number of para-hydroxylation sites is 1. The number of hydrogen-bond acceptors (Lipinski definition) is 3. The fourth-order valence-electron chi connectivity index (χ4n) is 4.18. The summed E-state index contributed by atoms with van der Waals surface area (Å²) in [6, 6.07) is 23.7. The predicted octanol–water partition coefficient (Wildman–Crippen LogP) is 5.81. The van der Waals surface area contributed by atoms with Crippen LogP contribution in [0.2, 0.25) is 5.02 Å². The Labute approximate surface area is 199 Å². The number of benzene rings is 3. The molecule has 5 nitrogen and oxygen atoms in total. The highest BCUT2D eigenvalue weighted by Gasteiger charge is 2.30. The summed E-state index contributed by atoms with van der Waals surface area (Å²) in [4.78, 5) is 19.7. The van der Waals surface area contributed by atoms with Gasteiger partial charge in [-0.25, -0.2) is 4.79 Å². The normalized spacial score (nSPS) is 15.7. The predicted molar refractivity (Wildman–Crippen MR) is 130 cm³/mol. The lowest BCUT2D eigenvalue weighted by Crippen LogP contribution is -2.52. The number of rotatable bonds is 2. The molecule has 2 aliphatic rings.